The number of hydrogen-bond donors (Lipinski definition) is 2. The SMILES string of the molecule is CC(N)C1CCN(CC(=O)Nc2cc(C(C)(C)C)no2)CC1.Cl. The highest BCUT2D eigenvalue weighted by molar-refractivity contribution is 5.91. The molecule has 0 spiro atoms. The number of aromatic nitrogens is 1. The molecule has 1 aromatic heterocycles. The van der Waals surface area contributed by atoms with Crippen LogP contribution >= 0.6 is 12.4 Å². The Morgan fingerprint density at radius 1 is 1.48 bits per heavy atom. The zero-order chi connectivity index (χ0) is 16.3. The first-order valence-corrected chi connectivity index (χ1v) is 8.00. The molecule has 7 heteroatoms. The van der Waals surface area contributed by atoms with Crippen LogP contribution in [0.2, 0.25) is 0 Å². The van der Waals surface area contributed by atoms with Gasteiger partial charge in [-0.25, -0.2) is 0 Å². The van der Waals surface area contributed by atoms with E-state index >= 15 is 0 Å². The lowest BCUT2D eigenvalue weighted by Crippen LogP contribution is -2.42. The fourth-order valence-corrected chi connectivity index (χ4v) is 2.70. The monoisotopic (exact) mass is 344 g/mol. The second-order valence-corrected chi connectivity index (χ2v) is 7.35. The number of amides is 1. The Bertz CT molecular complexity index is 502. The van der Waals surface area contributed by atoms with E-state index in [-0.39, 0.29) is 29.8 Å². The molecule has 0 bridgehead atoms. The molecule has 0 aromatic carbocycles. The van der Waals surface area contributed by atoms with E-state index in [0.717, 1.165) is 31.6 Å². The molecule has 3 N–H and O–H groups in total. The van der Waals surface area contributed by atoms with Gasteiger partial charge in [0.15, 0.2) is 0 Å². The summed E-state index contributed by atoms with van der Waals surface area (Å²) in [4.78, 5) is 14.3. The molecule has 1 fully saturated rings. The van der Waals surface area contributed by atoms with Gasteiger partial charge in [-0.2, -0.15) is 0 Å². The maximum Gasteiger partial charge on any atom is 0.240 e. The van der Waals surface area contributed by atoms with E-state index < -0.39 is 0 Å². The average Bonchev–Trinajstić information content (AvgIpc) is 2.87. The van der Waals surface area contributed by atoms with E-state index in [1.54, 1.807) is 6.07 Å². The second kappa shape index (κ2) is 8.13. The Morgan fingerprint density at radius 2 is 2.09 bits per heavy atom. The third-order valence-corrected chi connectivity index (χ3v) is 4.28. The predicted octanol–water partition coefficient (Wildman–Crippen LogP) is 2.39. The Balaban J connectivity index is 0.00000264. The van der Waals surface area contributed by atoms with Crippen molar-refractivity contribution in [3.63, 3.8) is 0 Å². The quantitative estimate of drug-likeness (QED) is 0.876. The molecule has 0 radical (unpaired) electrons. The number of likely N-dealkylation sites (tertiary alicyclic amines) is 1. The van der Waals surface area contributed by atoms with Crippen LogP contribution in [-0.4, -0.2) is 41.6 Å². The van der Waals surface area contributed by atoms with Gasteiger partial charge in [-0.15, -0.1) is 12.4 Å². The van der Waals surface area contributed by atoms with Crippen molar-refractivity contribution in [1.29, 1.82) is 0 Å². The summed E-state index contributed by atoms with van der Waals surface area (Å²) < 4.78 is 5.18. The predicted molar refractivity (Wildman–Crippen MR) is 93.9 cm³/mol. The van der Waals surface area contributed by atoms with E-state index in [0.29, 0.717) is 18.3 Å². The summed E-state index contributed by atoms with van der Waals surface area (Å²) in [5.41, 5.74) is 6.68. The number of carbonyl (C=O) groups excluding carboxylic acids is 1. The number of rotatable bonds is 4. The van der Waals surface area contributed by atoms with Crippen LogP contribution in [0.25, 0.3) is 0 Å². The third kappa shape index (κ3) is 5.79. The minimum absolute atomic E-state index is 0. The third-order valence-electron chi connectivity index (χ3n) is 4.28. The molecule has 1 unspecified atom stereocenters. The standard InChI is InChI=1S/C16H28N4O2.ClH/c1-11(17)12-5-7-20(8-6-12)10-14(21)18-15-9-13(19-22-15)16(2,3)4;/h9,11-12H,5-8,10,17H2,1-4H3,(H,18,21);1H. The van der Waals surface area contributed by atoms with Crippen LogP contribution in [0, 0.1) is 5.92 Å². The number of nitrogens with one attached hydrogen (secondary N) is 1. The fraction of sp³-hybridized carbons (Fsp3) is 0.750. The van der Waals surface area contributed by atoms with Gasteiger partial charge in [0.1, 0.15) is 0 Å². The van der Waals surface area contributed by atoms with Gasteiger partial charge >= 0.3 is 0 Å². The minimum Gasteiger partial charge on any atom is -0.338 e. The van der Waals surface area contributed by atoms with Crippen LogP contribution in [0.1, 0.15) is 46.2 Å². The maximum absolute atomic E-state index is 12.1. The lowest BCUT2D eigenvalue weighted by Gasteiger charge is -2.33. The molecule has 1 amide bonds. The van der Waals surface area contributed by atoms with Crippen molar-refractivity contribution in [3.05, 3.63) is 11.8 Å². The smallest absolute Gasteiger partial charge is 0.240 e. The fourth-order valence-electron chi connectivity index (χ4n) is 2.70. The Morgan fingerprint density at radius 3 is 2.57 bits per heavy atom. The van der Waals surface area contributed by atoms with Crippen molar-refractivity contribution >= 4 is 24.2 Å². The van der Waals surface area contributed by atoms with Crippen molar-refractivity contribution in [2.75, 3.05) is 25.0 Å². The van der Waals surface area contributed by atoms with Crippen LogP contribution in [0.15, 0.2) is 10.6 Å². The van der Waals surface area contributed by atoms with Gasteiger partial charge in [0.2, 0.25) is 11.8 Å². The topological polar surface area (TPSA) is 84.4 Å². The summed E-state index contributed by atoms with van der Waals surface area (Å²) in [6.45, 7) is 10.4. The van der Waals surface area contributed by atoms with Gasteiger partial charge in [-0.1, -0.05) is 25.9 Å². The van der Waals surface area contributed by atoms with Gasteiger partial charge in [0, 0.05) is 17.5 Å². The van der Waals surface area contributed by atoms with E-state index in [1.807, 2.05) is 0 Å². The first-order valence-electron chi connectivity index (χ1n) is 8.00. The van der Waals surface area contributed by atoms with E-state index in [9.17, 15) is 4.79 Å². The molecule has 1 saturated heterocycles. The van der Waals surface area contributed by atoms with Crippen molar-refractivity contribution in [3.8, 4) is 0 Å². The van der Waals surface area contributed by atoms with E-state index in [4.69, 9.17) is 10.3 Å². The van der Waals surface area contributed by atoms with Gasteiger partial charge in [0.25, 0.3) is 0 Å². The summed E-state index contributed by atoms with van der Waals surface area (Å²) in [6, 6.07) is 2.03. The number of halogens is 1. The number of carbonyl (C=O) groups is 1. The van der Waals surface area contributed by atoms with E-state index in [1.165, 1.54) is 0 Å². The minimum atomic E-state index is -0.0900. The van der Waals surface area contributed by atoms with Crippen molar-refractivity contribution in [1.82, 2.24) is 10.1 Å². The highest BCUT2D eigenvalue weighted by atomic mass is 35.5. The number of nitrogens with zero attached hydrogens (tertiary/aromatic N) is 2. The van der Waals surface area contributed by atoms with Gasteiger partial charge < -0.3 is 10.3 Å². The van der Waals surface area contributed by atoms with Crippen molar-refractivity contribution < 1.29 is 9.32 Å². The van der Waals surface area contributed by atoms with Gasteiger partial charge in [-0.05, 0) is 38.8 Å². The first kappa shape index (κ1) is 19.9. The van der Waals surface area contributed by atoms with Crippen LogP contribution in [-0.2, 0) is 10.2 Å². The van der Waals surface area contributed by atoms with Crippen molar-refractivity contribution in [2.24, 2.45) is 11.7 Å². The van der Waals surface area contributed by atoms with Crippen LogP contribution < -0.4 is 11.1 Å². The first-order chi connectivity index (χ1) is 10.3. The lowest BCUT2D eigenvalue weighted by atomic mass is 9.91. The average molecular weight is 345 g/mol. The molecular weight excluding hydrogens is 316 g/mol. The van der Waals surface area contributed by atoms with Gasteiger partial charge in [-0.3, -0.25) is 15.0 Å². The molecule has 1 aliphatic rings. The molecule has 0 saturated carbocycles. The zero-order valence-corrected chi connectivity index (χ0v) is 15.3. The van der Waals surface area contributed by atoms with Crippen LogP contribution in [0.3, 0.4) is 0 Å². The summed E-state index contributed by atoms with van der Waals surface area (Å²) in [5.74, 6) is 0.930. The Labute approximate surface area is 144 Å². The number of anilines is 1. The highest BCUT2D eigenvalue weighted by Crippen LogP contribution is 2.24. The molecule has 1 aromatic rings. The summed E-state index contributed by atoms with van der Waals surface area (Å²) in [6.07, 6.45) is 2.11. The lowest BCUT2D eigenvalue weighted by molar-refractivity contribution is -0.117. The number of hydrogen-bond acceptors (Lipinski definition) is 5. The summed E-state index contributed by atoms with van der Waals surface area (Å²) in [7, 11) is 0. The molecule has 23 heavy (non-hydrogen) atoms. The molecular formula is C16H29ClN4O2. The molecule has 2 heterocycles. The molecule has 6 nitrogen and oxygen atoms in total. The number of nitrogens with two attached hydrogens (primary N) is 1. The Hall–Kier alpha value is -1.11. The summed E-state index contributed by atoms with van der Waals surface area (Å²) >= 11 is 0. The molecule has 132 valence electrons. The second-order valence-electron chi connectivity index (χ2n) is 7.35. The maximum atomic E-state index is 12.1. The van der Waals surface area contributed by atoms with Crippen LogP contribution in [0.5, 0.6) is 0 Å². The van der Waals surface area contributed by atoms with Crippen molar-refractivity contribution in [2.45, 2.75) is 52.0 Å². The summed E-state index contributed by atoms with van der Waals surface area (Å²) in [5, 5.41) is 6.78. The van der Waals surface area contributed by atoms with E-state index in [2.05, 4.69) is 43.1 Å². The molecule has 1 aliphatic heterocycles. The molecule has 1 atom stereocenters. The highest BCUT2D eigenvalue weighted by Gasteiger charge is 2.24. The molecule has 2 rings (SSSR count). The van der Waals surface area contributed by atoms with Gasteiger partial charge in [0.05, 0.1) is 12.2 Å². The largest absolute Gasteiger partial charge is 0.338 e. The molecule has 0 aliphatic carbocycles. The normalized spacial score (nSPS) is 18.3. The Kier molecular flexibility index (Phi) is 7.04. The number of piperidine rings is 1. The zero-order valence-electron chi connectivity index (χ0n) is 14.5. The van der Waals surface area contributed by atoms with Crippen LogP contribution in [0.4, 0.5) is 5.88 Å².